The summed E-state index contributed by atoms with van der Waals surface area (Å²) < 4.78 is 10.3. The summed E-state index contributed by atoms with van der Waals surface area (Å²) in [5, 5.41) is 2.92. The SMILES string of the molecule is COc1ccc(SCC(=O)NCCSCc2ccco2)cc1. The first kappa shape index (κ1) is 16.8. The van der Waals surface area contributed by atoms with Crippen LogP contribution in [0.25, 0.3) is 0 Å². The quantitative estimate of drug-likeness (QED) is 0.561. The standard InChI is InChI=1S/C16H19NO3S2/c1-19-13-4-6-15(7-5-13)22-12-16(18)17-8-10-21-11-14-3-2-9-20-14/h2-7,9H,8,10-12H2,1H3,(H,17,18). The van der Waals surface area contributed by atoms with Crippen molar-refractivity contribution in [2.45, 2.75) is 10.6 Å². The molecule has 6 heteroatoms. The van der Waals surface area contributed by atoms with Gasteiger partial charge in [0.25, 0.3) is 0 Å². The van der Waals surface area contributed by atoms with Gasteiger partial charge in [0.05, 0.1) is 24.9 Å². The van der Waals surface area contributed by atoms with Crippen LogP contribution < -0.4 is 10.1 Å². The third kappa shape index (κ3) is 6.07. The van der Waals surface area contributed by atoms with E-state index >= 15 is 0 Å². The number of benzene rings is 1. The van der Waals surface area contributed by atoms with Crippen molar-refractivity contribution in [3.05, 3.63) is 48.4 Å². The fourth-order valence-corrected chi connectivity index (χ4v) is 3.19. The minimum absolute atomic E-state index is 0.0550. The van der Waals surface area contributed by atoms with Crippen LogP contribution in [0.2, 0.25) is 0 Å². The fourth-order valence-electron chi connectivity index (χ4n) is 1.70. The summed E-state index contributed by atoms with van der Waals surface area (Å²) in [6.45, 7) is 0.674. The molecule has 0 aliphatic rings. The second kappa shape index (κ2) is 9.48. The van der Waals surface area contributed by atoms with E-state index in [2.05, 4.69) is 5.32 Å². The van der Waals surface area contributed by atoms with Crippen LogP contribution in [-0.2, 0) is 10.5 Å². The monoisotopic (exact) mass is 337 g/mol. The van der Waals surface area contributed by atoms with E-state index < -0.39 is 0 Å². The lowest BCUT2D eigenvalue weighted by Gasteiger charge is -2.05. The summed E-state index contributed by atoms with van der Waals surface area (Å²) in [4.78, 5) is 12.8. The number of methoxy groups -OCH3 is 1. The molecule has 0 fully saturated rings. The van der Waals surface area contributed by atoms with Gasteiger partial charge in [-0.15, -0.1) is 11.8 Å². The average Bonchev–Trinajstić information content (AvgIpc) is 3.06. The smallest absolute Gasteiger partial charge is 0.230 e. The van der Waals surface area contributed by atoms with Gasteiger partial charge in [-0.05, 0) is 36.4 Å². The topological polar surface area (TPSA) is 51.5 Å². The number of hydrogen-bond donors (Lipinski definition) is 1. The van der Waals surface area contributed by atoms with Crippen molar-refractivity contribution in [2.24, 2.45) is 0 Å². The van der Waals surface area contributed by atoms with Crippen molar-refractivity contribution >= 4 is 29.4 Å². The number of rotatable bonds is 9. The molecule has 0 aliphatic heterocycles. The number of amides is 1. The highest BCUT2D eigenvalue weighted by atomic mass is 32.2. The molecule has 0 unspecified atom stereocenters. The van der Waals surface area contributed by atoms with Gasteiger partial charge in [0.2, 0.25) is 5.91 Å². The Hall–Kier alpha value is -1.53. The Labute approximate surface area is 139 Å². The Balaban J connectivity index is 1.55. The first-order valence-electron chi connectivity index (χ1n) is 6.91. The van der Waals surface area contributed by atoms with Gasteiger partial charge < -0.3 is 14.5 Å². The fraction of sp³-hybridized carbons (Fsp3) is 0.312. The third-order valence-corrected chi connectivity index (χ3v) is 4.82. The largest absolute Gasteiger partial charge is 0.497 e. The molecule has 0 radical (unpaired) electrons. The Bertz CT molecular complexity index is 555. The number of hydrogen-bond acceptors (Lipinski definition) is 5. The van der Waals surface area contributed by atoms with Crippen molar-refractivity contribution in [1.82, 2.24) is 5.32 Å². The number of ether oxygens (including phenoxy) is 1. The highest BCUT2D eigenvalue weighted by molar-refractivity contribution is 8.00. The number of carbonyl (C=O) groups excluding carboxylic acids is 1. The Morgan fingerprint density at radius 2 is 2.09 bits per heavy atom. The molecular weight excluding hydrogens is 318 g/mol. The zero-order valence-electron chi connectivity index (χ0n) is 12.4. The van der Waals surface area contributed by atoms with E-state index in [-0.39, 0.29) is 5.91 Å². The molecule has 0 spiro atoms. The van der Waals surface area contributed by atoms with Crippen LogP contribution in [0.3, 0.4) is 0 Å². The maximum atomic E-state index is 11.7. The van der Waals surface area contributed by atoms with Crippen LogP contribution in [0, 0.1) is 0 Å². The average molecular weight is 337 g/mol. The van der Waals surface area contributed by atoms with Gasteiger partial charge in [-0.25, -0.2) is 0 Å². The van der Waals surface area contributed by atoms with Crippen LogP contribution in [0.5, 0.6) is 5.75 Å². The number of nitrogens with one attached hydrogen (secondary N) is 1. The van der Waals surface area contributed by atoms with E-state index in [0.29, 0.717) is 12.3 Å². The molecule has 0 saturated heterocycles. The predicted octanol–water partition coefficient (Wildman–Crippen LogP) is 3.43. The van der Waals surface area contributed by atoms with Crippen LogP contribution in [0.1, 0.15) is 5.76 Å². The van der Waals surface area contributed by atoms with Gasteiger partial charge in [0.15, 0.2) is 0 Å². The molecule has 2 rings (SSSR count). The van der Waals surface area contributed by atoms with Gasteiger partial charge in [0.1, 0.15) is 11.5 Å². The van der Waals surface area contributed by atoms with Crippen molar-refractivity contribution in [1.29, 1.82) is 0 Å². The summed E-state index contributed by atoms with van der Waals surface area (Å²) in [6, 6.07) is 11.5. The Kier molecular flexibility index (Phi) is 7.25. The molecule has 1 heterocycles. The lowest BCUT2D eigenvalue weighted by Crippen LogP contribution is -2.27. The summed E-state index contributed by atoms with van der Waals surface area (Å²) >= 11 is 3.26. The molecule has 0 aliphatic carbocycles. The molecule has 1 N–H and O–H groups in total. The predicted molar refractivity (Wildman–Crippen MR) is 91.6 cm³/mol. The lowest BCUT2D eigenvalue weighted by molar-refractivity contribution is -0.118. The molecule has 1 aromatic carbocycles. The van der Waals surface area contributed by atoms with Crippen molar-refractivity contribution in [3.8, 4) is 5.75 Å². The van der Waals surface area contributed by atoms with E-state index in [1.165, 1.54) is 11.8 Å². The molecule has 2 aromatic rings. The van der Waals surface area contributed by atoms with Crippen LogP contribution in [-0.4, -0.2) is 31.1 Å². The maximum Gasteiger partial charge on any atom is 0.230 e. The second-order valence-electron chi connectivity index (χ2n) is 4.45. The van der Waals surface area contributed by atoms with Gasteiger partial charge >= 0.3 is 0 Å². The van der Waals surface area contributed by atoms with Gasteiger partial charge in [0, 0.05) is 17.2 Å². The first-order chi connectivity index (χ1) is 10.8. The summed E-state index contributed by atoms with van der Waals surface area (Å²) in [5.74, 6) is 3.98. The zero-order chi connectivity index (χ0) is 15.6. The highest BCUT2D eigenvalue weighted by Crippen LogP contribution is 2.20. The number of carbonyl (C=O) groups is 1. The summed E-state index contributed by atoms with van der Waals surface area (Å²) in [7, 11) is 1.64. The van der Waals surface area contributed by atoms with Crippen LogP contribution >= 0.6 is 23.5 Å². The molecule has 22 heavy (non-hydrogen) atoms. The molecule has 118 valence electrons. The van der Waals surface area contributed by atoms with Crippen molar-refractivity contribution < 1.29 is 13.9 Å². The van der Waals surface area contributed by atoms with Crippen molar-refractivity contribution in [2.75, 3.05) is 25.2 Å². The highest BCUT2D eigenvalue weighted by Gasteiger charge is 2.03. The van der Waals surface area contributed by atoms with Gasteiger partial charge in [-0.1, -0.05) is 0 Å². The van der Waals surface area contributed by atoms with Crippen LogP contribution in [0.15, 0.2) is 52.0 Å². The molecule has 4 nitrogen and oxygen atoms in total. The molecule has 1 amide bonds. The summed E-state index contributed by atoms with van der Waals surface area (Å²) in [5.41, 5.74) is 0. The minimum atomic E-state index is 0.0550. The normalized spacial score (nSPS) is 10.4. The lowest BCUT2D eigenvalue weighted by atomic mass is 10.3. The summed E-state index contributed by atoms with van der Waals surface area (Å²) in [6.07, 6.45) is 1.67. The number of furan rings is 1. The van der Waals surface area contributed by atoms with Crippen LogP contribution in [0.4, 0.5) is 0 Å². The maximum absolute atomic E-state index is 11.7. The van der Waals surface area contributed by atoms with Gasteiger partial charge in [-0.3, -0.25) is 4.79 Å². The first-order valence-corrected chi connectivity index (χ1v) is 9.05. The molecule has 0 atom stereocenters. The Morgan fingerprint density at radius 3 is 2.77 bits per heavy atom. The molecular formula is C16H19NO3S2. The Morgan fingerprint density at radius 1 is 1.27 bits per heavy atom. The van der Waals surface area contributed by atoms with E-state index in [1.807, 2.05) is 36.4 Å². The molecule has 0 bridgehead atoms. The minimum Gasteiger partial charge on any atom is -0.497 e. The van der Waals surface area contributed by atoms with E-state index in [0.717, 1.165) is 27.9 Å². The number of thioether (sulfide) groups is 2. The second-order valence-corrected chi connectivity index (χ2v) is 6.60. The molecule has 1 aromatic heterocycles. The van der Waals surface area contributed by atoms with E-state index in [1.54, 1.807) is 25.1 Å². The van der Waals surface area contributed by atoms with Crippen molar-refractivity contribution in [3.63, 3.8) is 0 Å². The third-order valence-electron chi connectivity index (χ3n) is 2.82. The van der Waals surface area contributed by atoms with E-state index in [9.17, 15) is 4.79 Å². The zero-order valence-corrected chi connectivity index (χ0v) is 14.0. The van der Waals surface area contributed by atoms with Gasteiger partial charge in [-0.2, -0.15) is 11.8 Å². The van der Waals surface area contributed by atoms with E-state index in [4.69, 9.17) is 9.15 Å². The molecule has 0 saturated carbocycles.